The Kier molecular flexibility index (Phi) is 7.15. The molecule has 0 radical (unpaired) electrons. The molecular formula is C26H24N2O3S. The summed E-state index contributed by atoms with van der Waals surface area (Å²) in [6.07, 6.45) is 0.957. The van der Waals surface area contributed by atoms with E-state index in [4.69, 9.17) is 9.47 Å². The van der Waals surface area contributed by atoms with Crippen LogP contribution in [0.5, 0.6) is 11.5 Å². The molecule has 0 fully saturated rings. The fraction of sp³-hybridized carbons (Fsp3) is 0.154. The number of para-hydroxylation sites is 2. The summed E-state index contributed by atoms with van der Waals surface area (Å²) in [4.78, 5) is 16.8. The zero-order valence-corrected chi connectivity index (χ0v) is 18.6. The monoisotopic (exact) mass is 444 g/mol. The maximum absolute atomic E-state index is 12.3. The van der Waals surface area contributed by atoms with Crippen LogP contribution in [0.3, 0.4) is 0 Å². The summed E-state index contributed by atoms with van der Waals surface area (Å²) < 4.78 is 11.0. The third-order valence-electron chi connectivity index (χ3n) is 4.91. The molecule has 32 heavy (non-hydrogen) atoms. The predicted octanol–water partition coefficient (Wildman–Crippen LogP) is 6.28. The van der Waals surface area contributed by atoms with Gasteiger partial charge in [0, 0.05) is 17.4 Å². The molecule has 0 saturated carbocycles. The van der Waals surface area contributed by atoms with Gasteiger partial charge in [-0.05, 0) is 29.7 Å². The Morgan fingerprint density at radius 1 is 0.875 bits per heavy atom. The quantitative estimate of drug-likeness (QED) is 0.309. The fourth-order valence-corrected chi connectivity index (χ4v) is 4.00. The van der Waals surface area contributed by atoms with E-state index < -0.39 is 0 Å². The van der Waals surface area contributed by atoms with E-state index in [0.29, 0.717) is 36.1 Å². The van der Waals surface area contributed by atoms with Crippen molar-refractivity contribution in [1.82, 2.24) is 4.98 Å². The lowest BCUT2D eigenvalue weighted by Gasteiger charge is -2.09. The van der Waals surface area contributed by atoms with Crippen molar-refractivity contribution in [3.63, 3.8) is 0 Å². The van der Waals surface area contributed by atoms with E-state index in [9.17, 15) is 4.79 Å². The number of ether oxygens (including phenoxy) is 2. The van der Waals surface area contributed by atoms with E-state index in [1.165, 1.54) is 16.9 Å². The first kappa shape index (κ1) is 21.6. The molecule has 162 valence electrons. The maximum atomic E-state index is 12.3. The highest BCUT2D eigenvalue weighted by Crippen LogP contribution is 2.28. The van der Waals surface area contributed by atoms with Crippen LogP contribution in [0.2, 0.25) is 0 Å². The predicted molar refractivity (Wildman–Crippen MR) is 129 cm³/mol. The Labute approximate surface area is 191 Å². The lowest BCUT2D eigenvalue weighted by molar-refractivity contribution is -0.116. The molecule has 1 amide bonds. The van der Waals surface area contributed by atoms with E-state index in [0.717, 1.165) is 16.8 Å². The Balaban J connectivity index is 1.27. The summed E-state index contributed by atoms with van der Waals surface area (Å²) in [6.45, 7) is 0.435. The second-order valence-corrected chi connectivity index (χ2v) is 7.99. The average molecular weight is 445 g/mol. The molecule has 0 aliphatic carbocycles. The molecule has 0 unspecified atom stereocenters. The van der Waals surface area contributed by atoms with E-state index in [2.05, 4.69) is 46.7 Å². The minimum absolute atomic E-state index is 0.0750. The zero-order chi connectivity index (χ0) is 22.2. The zero-order valence-electron chi connectivity index (χ0n) is 17.8. The first-order chi connectivity index (χ1) is 15.7. The van der Waals surface area contributed by atoms with Crippen LogP contribution in [0.1, 0.15) is 12.8 Å². The standard InChI is InChI=1S/C26H24N2O3S/c1-30-23-10-5-6-11-24(23)31-17-7-12-25(29)28-26-27-22(18-32-26)21-15-13-20(14-16-21)19-8-3-2-4-9-19/h2-6,8-11,13-16,18H,7,12,17H2,1H3,(H,27,28,29). The van der Waals surface area contributed by atoms with Crippen molar-refractivity contribution >= 4 is 22.4 Å². The van der Waals surface area contributed by atoms with Crippen molar-refractivity contribution in [3.8, 4) is 33.9 Å². The van der Waals surface area contributed by atoms with Crippen LogP contribution in [0, 0.1) is 0 Å². The molecule has 0 bridgehead atoms. The van der Waals surface area contributed by atoms with Gasteiger partial charge in [-0.25, -0.2) is 4.98 Å². The number of amides is 1. The molecule has 3 aromatic carbocycles. The number of thiazole rings is 1. The molecule has 1 aromatic heterocycles. The van der Waals surface area contributed by atoms with E-state index in [1.807, 2.05) is 47.8 Å². The van der Waals surface area contributed by atoms with Gasteiger partial charge in [-0.1, -0.05) is 66.7 Å². The van der Waals surface area contributed by atoms with Crippen molar-refractivity contribution < 1.29 is 14.3 Å². The largest absolute Gasteiger partial charge is 0.493 e. The highest BCUT2D eigenvalue weighted by Gasteiger charge is 2.09. The number of anilines is 1. The number of carbonyl (C=O) groups is 1. The Bertz CT molecular complexity index is 1160. The SMILES string of the molecule is COc1ccccc1OCCCC(=O)Nc1nc(-c2ccc(-c3ccccc3)cc2)cs1. The van der Waals surface area contributed by atoms with Crippen LogP contribution in [0.15, 0.2) is 84.2 Å². The van der Waals surface area contributed by atoms with Crippen LogP contribution in [-0.2, 0) is 4.79 Å². The number of rotatable bonds is 9. The van der Waals surface area contributed by atoms with Crippen LogP contribution >= 0.6 is 11.3 Å². The van der Waals surface area contributed by atoms with Crippen molar-refractivity contribution in [3.05, 3.63) is 84.2 Å². The highest BCUT2D eigenvalue weighted by atomic mass is 32.1. The summed E-state index contributed by atoms with van der Waals surface area (Å²) in [5.41, 5.74) is 4.21. The Morgan fingerprint density at radius 2 is 1.53 bits per heavy atom. The summed E-state index contributed by atoms with van der Waals surface area (Å²) in [7, 11) is 1.61. The molecule has 4 aromatic rings. The molecular weight excluding hydrogens is 420 g/mol. The number of hydrogen-bond acceptors (Lipinski definition) is 5. The maximum Gasteiger partial charge on any atom is 0.226 e. The van der Waals surface area contributed by atoms with Gasteiger partial charge in [-0.15, -0.1) is 11.3 Å². The Hall–Kier alpha value is -3.64. The number of aromatic nitrogens is 1. The normalized spacial score (nSPS) is 10.5. The van der Waals surface area contributed by atoms with Crippen molar-refractivity contribution in [2.45, 2.75) is 12.8 Å². The molecule has 0 aliphatic heterocycles. The minimum atomic E-state index is -0.0750. The van der Waals surface area contributed by atoms with Crippen LogP contribution in [-0.4, -0.2) is 24.6 Å². The average Bonchev–Trinajstić information content (AvgIpc) is 3.31. The van der Waals surface area contributed by atoms with Gasteiger partial charge in [0.05, 0.1) is 19.4 Å². The molecule has 1 N–H and O–H groups in total. The molecule has 0 spiro atoms. The number of methoxy groups -OCH3 is 1. The smallest absolute Gasteiger partial charge is 0.226 e. The van der Waals surface area contributed by atoms with Crippen molar-refractivity contribution in [2.24, 2.45) is 0 Å². The van der Waals surface area contributed by atoms with Gasteiger partial charge in [-0.3, -0.25) is 4.79 Å². The second kappa shape index (κ2) is 10.6. The number of nitrogens with zero attached hydrogens (tertiary/aromatic N) is 1. The molecule has 0 atom stereocenters. The summed E-state index contributed by atoms with van der Waals surface area (Å²) in [6, 6.07) is 26.0. The van der Waals surface area contributed by atoms with E-state index in [-0.39, 0.29) is 5.91 Å². The summed E-state index contributed by atoms with van der Waals surface area (Å²) in [5.74, 6) is 1.29. The number of hydrogen-bond donors (Lipinski definition) is 1. The molecule has 0 saturated heterocycles. The third kappa shape index (κ3) is 5.53. The van der Waals surface area contributed by atoms with Gasteiger partial charge in [0.25, 0.3) is 0 Å². The first-order valence-corrected chi connectivity index (χ1v) is 11.3. The van der Waals surface area contributed by atoms with Gasteiger partial charge in [0.2, 0.25) is 5.91 Å². The summed E-state index contributed by atoms with van der Waals surface area (Å²) in [5, 5.41) is 5.43. The van der Waals surface area contributed by atoms with Gasteiger partial charge >= 0.3 is 0 Å². The summed E-state index contributed by atoms with van der Waals surface area (Å²) >= 11 is 1.42. The minimum Gasteiger partial charge on any atom is -0.493 e. The van der Waals surface area contributed by atoms with Crippen LogP contribution in [0.25, 0.3) is 22.4 Å². The highest BCUT2D eigenvalue weighted by molar-refractivity contribution is 7.14. The second-order valence-electron chi connectivity index (χ2n) is 7.13. The lowest BCUT2D eigenvalue weighted by Crippen LogP contribution is -2.12. The lowest BCUT2D eigenvalue weighted by atomic mass is 10.0. The van der Waals surface area contributed by atoms with Crippen molar-refractivity contribution in [2.75, 3.05) is 19.0 Å². The van der Waals surface area contributed by atoms with Gasteiger partial charge in [0.1, 0.15) is 0 Å². The number of benzene rings is 3. The molecule has 0 aliphatic rings. The van der Waals surface area contributed by atoms with Crippen LogP contribution in [0.4, 0.5) is 5.13 Å². The third-order valence-corrected chi connectivity index (χ3v) is 5.67. The fourth-order valence-electron chi connectivity index (χ4n) is 3.26. The Morgan fingerprint density at radius 3 is 2.28 bits per heavy atom. The molecule has 5 nitrogen and oxygen atoms in total. The first-order valence-electron chi connectivity index (χ1n) is 10.4. The number of nitrogens with one attached hydrogen (secondary N) is 1. The van der Waals surface area contributed by atoms with E-state index >= 15 is 0 Å². The van der Waals surface area contributed by atoms with Gasteiger partial charge < -0.3 is 14.8 Å². The molecule has 6 heteroatoms. The topological polar surface area (TPSA) is 60.5 Å². The van der Waals surface area contributed by atoms with Crippen molar-refractivity contribution in [1.29, 1.82) is 0 Å². The molecule has 4 rings (SSSR count). The van der Waals surface area contributed by atoms with E-state index in [1.54, 1.807) is 7.11 Å². The van der Waals surface area contributed by atoms with Gasteiger partial charge in [0.15, 0.2) is 16.6 Å². The molecule has 1 heterocycles. The van der Waals surface area contributed by atoms with Gasteiger partial charge in [-0.2, -0.15) is 0 Å². The number of carbonyl (C=O) groups excluding carboxylic acids is 1. The van der Waals surface area contributed by atoms with Crippen LogP contribution < -0.4 is 14.8 Å².